The molecule has 2 N–H and O–H groups in total. The SMILES string of the molecule is COc1ccc(OC)c([C@@H](C)NC(=O)Nc2cccc([N+](=O)[O-])c2)c1. The standard InChI is InChI=1S/C17H19N3O5/c1-11(15-10-14(24-2)7-8-16(15)25-3)18-17(21)19-12-5-4-6-13(9-12)20(22)23/h4-11H,1-3H3,(H2,18,19,21)/t11-/m1/s1. The number of nitro benzene ring substituents is 1. The molecule has 2 aromatic rings. The van der Waals surface area contributed by atoms with E-state index in [1.54, 1.807) is 45.4 Å². The molecule has 0 bridgehead atoms. The largest absolute Gasteiger partial charge is 0.497 e. The molecule has 8 heteroatoms. The topological polar surface area (TPSA) is 103 Å². The summed E-state index contributed by atoms with van der Waals surface area (Å²) in [5.41, 5.74) is 0.980. The molecule has 0 fully saturated rings. The second-order valence-electron chi connectivity index (χ2n) is 5.24. The number of amides is 2. The van der Waals surface area contributed by atoms with Crippen LogP contribution in [0.2, 0.25) is 0 Å². The van der Waals surface area contributed by atoms with E-state index in [9.17, 15) is 14.9 Å². The number of nitro groups is 1. The van der Waals surface area contributed by atoms with Gasteiger partial charge in [-0.2, -0.15) is 0 Å². The van der Waals surface area contributed by atoms with Crippen LogP contribution in [0.3, 0.4) is 0 Å². The van der Waals surface area contributed by atoms with Crippen molar-refractivity contribution in [2.24, 2.45) is 0 Å². The van der Waals surface area contributed by atoms with Crippen molar-refractivity contribution in [2.45, 2.75) is 13.0 Å². The van der Waals surface area contributed by atoms with Crippen LogP contribution in [0.4, 0.5) is 16.2 Å². The van der Waals surface area contributed by atoms with E-state index in [1.165, 1.54) is 18.2 Å². The van der Waals surface area contributed by atoms with Gasteiger partial charge in [0.15, 0.2) is 0 Å². The molecule has 0 aromatic heterocycles. The fourth-order valence-electron chi connectivity index (χ4n) is 2.32. The third-order valence-corrected chi connectivity index (χ3v) is 3.57. The highest BCUT2D eigenvalue weighted by atomic mass is 16.6. The zero-order valence-corrected chi connectivity index (χ0v) is 14.1. The van der Waals surface area contributed by atoms with Crippen molar-refractivity contribution in [1.82, 2.24) is 5.32 Å². The Hall–Kier alpha value is -3.29. The molecule has 2 amide bonds. The van der Waals surface area contributed by atoms with Crippen molar-refractivity contribution in [3.63, 3.8) is 0 Å². The van der Waals surface area contributed by atoms with Crippen molar-refractivity contribution in [3.05, 3.63) is 58.1 Å². The number of nitrogens with one attached hydrogen (secondary N) is 2. The van der Waals surface area contributed by atoms with Crippen LogP contribution in [0.15, 0.2) is 42.5 Å². The average Bonchev–Trinajstić information content (AvgIpc) is 2.61. The van der Waals surface area contributed by atoms with Crippen molar-refractivity contribution in [2.75, 3.05) is 19.5 Å². The van der Waals surface area contributed by atoms with Crippen LogP contribution >= 0.6 is 0 Å². The van der Waals surface area contributed by atoms with E-state index in [0.29, 0.717) is 17.2 Å². The first-order valence-corrected chi connectivity index (χ1v) is 7.48. The molecule has 0 radical (unpaired) electrons. The summed E-state index contributed by atoms with van der Waals surface area (Å²) in [6.45, 7) is 1.80. The van der Waals surface area contributed by atoms with Gasteiger partial charge in [0.05, 0.1) is 25.2 Å². The minimum absolute atomic E-state index is 0.0969. The van der Waals surface area contributed by atoms with Crippen LogP contribution in [0.5, 0.6) is 11.5 Å². The molecule has 0 saturated carbocycles. The zero-order chi connectivity index (χ0) is 18.4. The molecule has 8 nitrogen and oxygen atoms in total. The summed E-state index contributed by atoms with van der Waals surface area (Å²) in [5, 5.41) is 16.1. The first-order valence-electron chi connectivity index (χ1n) is 7.48. The first kappa shape index (κ1) is 18.1. The first-order chi connectivity index (χ1) is 11.9. The van der Waals surface area contributed by atoms with E-state index in [2.05, 4.69) is 10.6 Å². The third kappa shape index (κ3) is 4.60. The van der Waals surface area contributed by atoms with Gasteiger partial charge >= 0.3 is 6.03 Å². The van der Waals surface area contributed by atoms with E-state index in [0.717, 1.165) is 5.56 Å². The number of ether oxygens (including phenoxy) is 2. The highest BCUT2D eigenvalue weighted by Crippen LogP contribution is 2.29. The normalized spacial score (nSPS) is 11.3. The minimum Gasteiger partial charge on any atom is -0.497 e. The Balaban J connectivity index is 2.10. The Morgan fingerprint density at radius 2 is 1.92 bits per heavy atom. The maximum Gasteiger partial charge on any atom is 0.319 e. The molecule has 2 aromatic carbocycles. The van der Waals surface area contributed by atoms with Gasteiger partial charge in [-0.1, -0.05) is 6.07 Å². The molecular formula is C17H19N3O5. The van der Waals surface area contributed by atoms with Gasteiger partial charge in [0.25, 0.3) is 5.69 Å². The molecule has 0 saturated heterocycles. The predicted octanol–water partition coefficient (Wildman–Crippen LogP) is 3.49. The lowest BCUT2D eigenvalue weighted by Crippen LogP contribution is -2.31. The van der Waals surface area contributed by atoms with Crippen LogP contribution < -0.4 is 20.1 Å². The van der Waals surface area contributed by atoms with Gasteiger partial charge in [-0.15, -0.1) is 0 Å². The predicted molar refractivity (Wildman–Crippen MR) is 93.2 cm³/mol. The smallest absolute Gasteiger partial charge is 0.319 e. The van der Waals surface area contributed by atoms with Gasteiger partial charge in [-0.3, -0.25) is 10.1 Å². The Kier molecular flexibility index (Phi) is 5.78. The van der Waals surface area contributed by atoms with Gasteiger partial charge in [0.1, 0.15) is 11.5 Å². The summed E-state index contributed by atoms with van der Waals surface area (Å²) in [4.78, 5) is 22.4. The van der Waals surface area contributed by atoms with Gasteiger partial charge in [0, 0.05) is 23.4 Å². The Bertz CT molecular complexity index is 779. The number of nitrogens with zero attached hydrogens (tertiary/aromatic N) is 1. The Morgan fingerprint density at radius 3 is 2.56 bits per heavy atom. The quantitative estimate of drug-likeness (QED) is 0.616. The van der Waals surface area contributed by atoms with E-state index in [-0.39, 0.29) is 11.7 Å². The maximum atomic E-state index is 12.2. The Labute approximate surface area is 144 Å². The van der Waals surface area contributed by atoms with Crippen LogP contribution in [0, 0.1) is 10.1 Å². The molecule has 0 aliphatic heterocycles. The molecule has 25 heavy (non-hydrogen) atoms. The number of anilines is 1. The molecular weight excluding hydrogens is 326 g/mol. The summed E-state index contributed by atoms with van der Waals surface area (Å²) in [6, 6.07) is 10.1. The van der Waals surface area contributed by atoms with E-state index >= 15 is 0 Å². The monoisotopic (exact) mass is 345 g/mol. The van der Waals surface area contributed by atoms with Crippen LogP contribution in [0.25, 0.3) is 0 Å². The number of urea groups is 1. The minimum atomic E-state index is -0.521. The number of methoxy groups -OCH3 is 2. The van der Waals surface area contributed by atoms with Crippen LogP contribution in [0.1, 0.15) is 18.5 Å². The maximum absolute atomic E-state index is 12.2. The van der Waals surface area contributed by atoms with E-state index in [4.69, 9.17) is 9.47 Å². The highest BCUT2D eigenvalue weighted by molar-refractivity contribution is 5.89. The zero-order valence-electron chi connectivity index (χ0n) is 14.1. The van der Waals surface area contributed by atoms with Gasteiger partial charge < -0.3 is 20.1 Å². The lowest BCUT2D eigenvalue weighted by atomic mass is 10.1. The van der Waals surface area contributed by atoms with Gasteiger partial charge in [0.2, 0.25) is 0 Å². The Morgan fingerprint density at radius 1 is 1.16 bits per heavy atom. The number of rotatable bonds is 6. The van der Waals surface area contributed by atoms with Crippen molar-refractivity contribution < 1.29 is 19.2 Å². The lowest BCUT2D eigenvalue weighted by Gasteiger charge is -2.18. The fraction of sp³-hybridized carbons (Fsp3) is 0.235. The van der Waals surface area contributed by atoms with E-state index < -0.39 is 11.0 Å². The lowest BCUT2D eigenvalue weighted by molar-refractivity contribution is -0.384. The summed E-state index contributed by atoms with van der Waals surface area (Å²) >= 11 is 0. The van der Waals surface area contributed by atoms with Crippen LogP contribution in [-0.4, -0.2) is 25.2 Å². The second kappa shape index (κ2) is 8.00. The van der Waals surface area contributed by atoms with E-state index in [1.807, 2.05) is 0 Å². The fourth-order valence-corrected chi connectivity index (χ4v) is 2.32. The molecule has 1 atom stereocenters. The third-order valence-electron chi connectivity index (χ3n) is 3.57. The van der Waals surface area contributed by atoms with Crippen molar-refractivity contribution in [1.29, 1.82) is 0 Å². The number of hydrogen-bond acceptors (Lipinski definition) is 5. The molecule has 0 aliphatic carbocycles. The number of carbonyl (C=O) groups excluding carboxylic acids is 1. The van der Waals surface area contributed by atoms with Crippen molar-refractivity contribution in [3.8, 4) is 11.5 Å². The molecule has 0 spiro atoms. The summed E-state index contributed by atoms with van der Waals surface area (Å²) in [6.07, 6.45) is 0. The van der Waals surface area contributed by atoms with Crippen molar-refractivity contribution >= 4 is 17.4 Å². The average molecular weight is 345 g/mol. The number of non-ortho nitro benzene ring substituents is 1. The summed E-state index contributed by atoms with van der Waals surface area (Å²) in [7, 11) is 3.10. The molecule has 2 rings (SSSR count). The summed E-state index contributed by atoms with van der Waals surface area (Å²) in [5.74, 6) is 1.26. The van der Waals surface area contributed by atoms with Gasteiger partial charge in [-0.25, -0.2) is 4.79 Å². The number of hydrogen-bond donors (Lipinski definition) is 2. The second-order valence-corrected chi connectivity index (χ2v) is 5.24. The molecule has 132 valence electrons. The summed E-state index contributed by atoms with van der Waals surface area (Å²) < 4.78 is 10.5. The number of carbonyl (C=O) groups is 1. The molecule has 0 heterocycles. The molecule has 0 unspecified atom stereocenters. The molecule has 0 aliphatic rings. The van der Waals surface area contributed by atoms with Gasteiger partial charge in [-0.05, 0) is 31.2 Å². The highest BCUT2D eigenvalue weighted by Gasteiger charge is 2.16. The van der Waals surface area contributed by atoms with Crippen LogP contribution in [-0.2, 0) is 0 Å². The number of benzene rings is 2.